The predicted molar refractivity (Wildman–Crippen MR) is 144 cm³/mol. The van der Waals surface area contributed by atoms with Crippen molar-refractivity contribution in [1.29, 1.82) is 0 Å². The van der Waals surface area contributed by atoms with Gasteiger partial charge in [0.05, 0.1) is 11.0 Å². The first-order valence-corrected chi connectivity index (χ1v) is 11.9. The number of rotatable bonds is 2. The minimum Gasteiger partial charge on any atom is -0.399 e. The second kappa shape index (κ2) is 6.96. The van der Waals surface area contributed by atoms with Crippen LogP contribution in [0.3, 0.4) is 0 Å². The Kier molecular flexibility index (Phi) is 3.90. The summed E-state index contributed by atoms with van der Waals surface area (Å²) in [5.41, 5.74) is 12.9. The molecule has 7 rings (SSSR count). The summed E-state index contributed by atoms with van der Waals surface area (Å²) < 4.78 is 4.99. The van der Waals surface area contributed by atoms with Crippen LogP contribution < -0.4 is 5.73 Å². The van der Waals surface area contributed by atoms with Crippen molar-refractivity contribution >= 4 is 59.0 Å². The number of nitrogens with two attached hydrogens (primary N) is 1. The molecule has 156 valence electrons. The largest absolute Gasteiger partial charge is 0.399 e. The van der Waals surface area contributed by atoms with Gasteiger partial charge in [-0.2, -0.15) is 0 Å². The van der Waals surface area contributed by atoms with Crippen LogP contribution in [0.15, 0.2) is 109 Å². The summed E-state index contributed by atoms with van der Waals surface area (Å²) in [6.45, 7) is 0. The molecule has 2 aromatic heterocycles. The van der Waals surface area contributed by atoms with Gasteiger partial charge in [0.2, 0.25) is 0 Å². The molecule has 0 bridgehead atoms. The molecule has 0 radical (unpaired) electrons. The van der Waals surface area contributed by atoms with Crippen LogP contribution in [0.25, 0.3) is 58.8 Å². The van der Waals surface area contributed by atoms with Gasteiger partial charge in [-0.15, -0.1) is 11.3 Å². The highest BCUT2D eigenvalue weighted by Gasteiger charge is 2.13. The van der Waals surface area contributed by atoms with Crippen molar-refractivity contribution in [2.75, 3.05) is 5.73 Å². The second-order valence-corrected chi connectivity index (χ2v) is 9.51. The van der Waals surface area contributed by atoms with Gasteiger partial charge in [0.15, 0.2) is 0 Å². The second-order valence-electron chi connectivity index (χ2n) is 8.46. The van der Waals surface area contributed by atoms with Gasteiger partial charge in [-0.3, -0.25) is 0 Å². The number of hydrogen-bond donors (Lipinski definition) is 1. The fourth-order valence-corrected chi connectivity index (χ4v) is 6.27. The first-order valence-electron chi connectivity index (χ1n) is 11.1. The Hall–Kier alpha value is -4.08. The summed E-state index contributed by atoms with van der Waals surface area (Å²) in [6, 6.07) is 38.9. The van der Waals surface area contributed by atoms with Crippen LogP contribution in [0.4, 0.5) is 5.69 Å². The van der Waals surface area contributed by atoms with E-state index in [1.807, 2.05) is 17.4 Å². The summed E-state index contributed by atoms with van der Waals surface area (Å²) in [6.07, 6.45) is 0. The van der Waals surface area contributed by atoms with E-state index in [-0.39, 0.29) is 0 Å². The molecule has 0 amide bonds. The van der Waals surface area contributed by atoms with Crippen LogP contribution in [0, 0.1) is 0 Å². The van der Waals surface area contributed by atoms with Crippen molar-refractivity contribution in [2.24, 2.45) is 0 Å². The van der Waals surface area contributed by atoms with Crippen molar-refractivity contribution in [3.63, 3.8) is 0 Å². The van der Waals surface area contributed by atoms with Crippen LogP contribution >= 0.6 is 11.3 Å². The number of para-hydroxylation sites is 1. The minimum absolute atomic E-state index is 0.777. The summed E-state index contributed by atoms with van der Waals surface area (Å²) in [5, 5.41) is 5.12. The quantitative estimate of drug-likeness (QED) is 0.269. The first kappa shape index (κ1) is 18.5. The molecule has 0 saturated heterocycles. The average molecular weight is 441 g/mol. The number of aromatic nitrogens is 1. The molecule has 5 aromatic carbocycles. The lowest BCUT2D eigenvalue weighted by molar-refractivity contribution is 1.18. The van der Waals surface area contributed by atoms with Gasteiger partial charge in [0.25, 0.3) is 0 Å². The molecular formula is C30H20N2S. The monoisotopic (exact) mass is 440 g/mol. The third-order valence-corrected chi connectivity index (χ3v) is 7.76. The van der Waals surface area contributed by atoms with Gasteiger partial charge in [0.1, 0.15) is 0 Å². The fourth-order valence-electron chi connectivity index (χ4n) is 5.03. The summed E-state index contributed by atoms with van der Waals surface area (Å²) >= 11 is 1.87. The lowest BCUT2D eigenvalue weighted by Gasteiger charge is -2.10. The van der Waals surface area contributed by atoms with Gasteiger partial charge in [-0.25, -0.2) is 0 Å². The number of hydrogen-bond acceptors (Lipinski definition) is 2. The molecule has 0 atom stereocenters. The number of nitrogen functional groups attached to an aromatic ring is 1. The highest BCUT2D eigenvalue weighted by molar-refractivity contribution is 7.26. The van der Waals surface area contributed by atoms with Gasteiger partial charge in [-0.1, -0.05) is 72.8 Å². The molecule has 2 nitrogen and oxygen atoms in total. The Balaban J connectivity index is 1.42. The maximum atomic E-state index is 6.17. The maximum absolute atomic E-state index is 6.17. The molecule has 0 fully saturated rings. The molecule has 33 heavy (non-hydrogen) atoms. The number of thiophene rings is 1. The molecule has 7 aromatic rings. The van der Waals surface area contributed by atoms with Crippen molar-refractivity contribution in [1.82, 2.24) is 4.57 Å². The molecule has 0 aliphatic heterocycles. The Morgan fingerprint density at radius 3 is 2.18 bits per heavy atom. The highest BCUT2D eigenvalue weighted by atomic mass is 32.1. The van der Waals surface area contributed by atoms with Gasteiger partial charge >= 0.3 is 0 Å². The van der Waals surface area contributed by atoms with Crippen molar-refractivity contribution in [3.05, 3.63) is 109 Å². The highest BCUT2D eigenvalue weighted by Crippen LogP contribution is 2.40. The molecule has 2 N–H and O–H groups in total. The summed E-state index contributed by atoms with van der Waals surface area (Å²) in [5.74, 6) is 0. The van der Waals surface area contributed by atoms with E-state index in [4.69, 9.17) is 5.73 Å². The third-order valence-electron chi connectivity index (χ3n) is 6.54. The number of fused-ring (bicyclic) bond motifs is 6. The predicted octanol–water partition coefficient (Wildman–Crippen LogP) is 8.40. The van der Waals surface area contributed by atoms with E-state index in [0.29, 0.717) is 0 Å². The van der Waals surface area contributed by atoms with Gasteiger partial charge in [-0.05, 0) is 47.5 Å². The molecule has 0 aliphatic rings. The van der Waals surface area contributed by atoms with Gasteiger partial charge in [0, 0.05) is 42.3 Å². The first-order chi connectivity index (χ1) is 16.3. The average Bonchev–Trinajstić information content (AvgIpc) is 3.39. The molecule has 3 heteroatoms. The van der Waals surface area contributed by atoms with Crippen molar-refractivity contribution in [2.45, 2.75) is 0 Å². The van der Waals surface area contributed by atoms with E-state index in [1.54, 1.807) is 0 Å². The van der Waals surface area contributed by atoms with Crippen LogP contribution in [0.2, 0.25) is 0 Å². The van der Waals surface area contributed by atoms with Crippen molar-refractivity contribution < 1.29 is 0 Å². The van der Waals surface area contributed by atoms with E-state index in [2.05, 4.69) is 108 Å². The van der Waals surface area contributed by atoms with E-state index in [0.717, 1.165) is 16.9 Å². The zero-order valence-electron chi connectivity index (χ0n) is 17.8. The topological polar surface area (TPSA) is 30.9 Å². The number of anilines is 1. The molecular weight excluding hydrogens is 420 g/mol. The molecule has 0 aliphatic carbocycles. The standard InChI is InChI=1S/C30H20N2S/c31-20-14-17-24-23-6-1-3-10-27(23)32(28(24)18-20)21-15-12-19(13-16-21)22-8-5-9-26-25-7-2-4-11-29(25)33-30(22)26/h1-18H,31H2. The number of benzene rings is 5. The van der Waals surface area contributed by atoms with E-state index in [1.165, 1.54) is 47.6 Å². The van der Waals surface area contributed by atoms with Crippen LogP contribution in [0.1, 0.15) is 0 Å². The zero-order chi connectivity index (χ0) is 21.9. The van der Waals surface area contributed by atoms with Crippen LogP contribution in [-0.2, 0) is 0 Å². The molecule has 0 unspecified atom stereocenters. The van der Waals surface area contributed by atoms with E-state index >= 15 is 0 Å². The lowest BCUT2D eigenvalue weighted by atomic mass is 10.0. The Morgan fingerprint density at radius 1 is 0.576 bits per heavy atom. The molecule has 0 spiro atoms. The normalized spacial score (nSPS) is 11.8. The summed E-state index contributed by atoms with van der Waals surface area (Å²) in [7, 11) is 0. The smallest absolute Gasteiger partial charge is 0.0561 e. The molecule has 0 saturated carbocycles. The fraction of sp³-hybridized carbons (Fsp3) is 0. The summed E-state index contributed by atoms with van der Waals surface area (Å²) in [4.78, 5) is 0. The van der Waals surface area contributed by atoms with Crippen LogP contribution in [-0.4, -0.2) is 4.57 Å². The number of nitrogens with zero attached hydrogens (tertiary/aromatic N) is 1. The SMILES string of the molecule is Nc1ccc2c3ccccc3n(-c3ccc(-c4cccc5c4sc4ccccc45)cc3)c2c1. The zero-order valence-corrected chi connectivity index (χ0v) is 18.6. The Bertz CT molecular complexity index is 1820. The van der Waals surface area contributed by atoms with Crippen molar-refractivity contribution in [3.8, 4) is 16.8 Å². The Morgan fingerprint density at radius 2 is 1.30 bits per heavy atom. The minimum atomic E-state index is 0.777. The third kappa shape index (κ3) is 2.73. The van der Waals surface area contributed by atoms with E-state index in [9.17, 15) is 0 Å². The van der Waals surface area contributed by atoms with Crippen LogP contribution in [0.5, 0.6) is 0 Å². The Labute approximate surface area is 195 Å². The molecule has 2 heterocycles. The lowest BCUT2D eigenvalue weighted by Crippen LogP contribution is -1.94. The van der Waals surface area contributed by atoms with E-state index < -0.39 is 0 Å². The maximum Gasteiger partial charge on any atom is 0.0561 e. The van der Waals surface area contributed by atoms with Gasteiger partial charge < -0.3 is 10.3 Å².